The van der Waals surface area contributed by atoms with Crippen molar-refractivity contribution in [1.29, 1.82) is 0 Å². The van der Waals surface area contributed by atoms with Crippen LogP contribution in [0.5, 0.6) is 11.5 Å². The molecular formula is C22H22N6O2. The quantitative estimate of drug-likeness (QED) is 0.508. The molecular weight excluding hydrogens is 380 g/mol. The molecule has 152 valence electrons. The van der Waals surface area contributed by atoms with Gasteiger partial charge in [-0.3, -0.25) is 0 Å². The smallest absolute Gasteiger partial charge is 0.225 e. The molecule has 1 aliphatic rings. The van der Waals surface area contributed by atoms with Crippen molar-refractivity contribution in [1.82, 2.24) is 19.7 Å². The van der Waals surface area contributed by atoms with E-state index in [9.17, 15) is 0 Å². The van der Waals surface area contributed by atoms with Gasteiger partial charge in [0.25, 0.3) is 0 Å². The molecule has 1 fully saturated rings. The number of nitrogen functional groups attached to an aromatic ring is 1. The van der Waals surface area contributed by atoms with Gasteiger partial charge in [-0.15, -0.1) is 5.10 Å². The van der Waals surface area contributed by atoms with Gasteiger partial charge in [-0.1, -0.05) is 18.2 Å². The van der Waals surface area contributed by atoms with Crippen molar-refractivity contribution in [3.63, 3.8) is 0 Å². The van der Waals surface area contributed by atoms with E-state index in [-0.39, 0.29) is 0 Å². The summed E-state index contributed by atoms with van der Waals surface area (Å²) < 4.78 is 12.6. The Morgan fingerprint density at radius 3 is 2.47 bits per heavy atom. The van der Waals surface area contributed by atoms with E-state index in [0.29, 0.717) is 46.0 Å². The molecule has 0 atom stereocenters. The summed E-state index contributed by atoms with van der Waals surface area (Å²) in [6.07, 6.45) is 2.24. The SMILES string of the molecule is COc1ccc(-c2nc(NC3CC3)nc3nn(-c4ccccc4)c(N)c23)cc1OC. The summed E-state index contributed by atoms with van der Waals surface area (Å²) in [5, 5.41) is 8.75. The van der Waals surface area contributed by atoms with E-state index in [4.69, 9.17) is 20.2 Å². The molecule has 8 nitrogen and oxygen atoms in total. The molecule has 0 spiro atoms. The van der Waals surface area contributed by atoms with Gasteiger partial charge in [0, 0.05) is 11.6 Å². The van der Waals surface area contributed by atoms with E-state index in [1.807, 2.05) is 48.5 Å². The topological polar surface area (TPSA) is 100 Å². The highest BCUT2D eigenvalue weighted by molar-refractivity contribution is 5.99. The number of nitrogens with one attached hydrogen (secondary N) is 1. The predicted molar refractivity (Wildman–Crippen MR) is 116 cm³/mol. The van der Waals surface area contributed by atoms with Gasteiger partial charge in [0.05, 0.1) is 31.0 Å². The number of ether oxygens (including phenoxy) is 2. The highest BCUT2D eigenvalue weighted by Crippen LogP contribution is 2.37. The maximum absolute atomic E-state index is 6.54. The molecule has 8 heteroatoms. The number of hydrogen-bond acceptors (Lipinski definition) is 7. The Hall–Kier alpha value is -3.81. The molecule has 2 aromatic carbocycles. The Bertz CT molecular complexity index is 1220. The predicted octanol–water partition coefficient (Wildman–Crippen LogP) is 3.66. The van der Waals surface area contributed by atoms with E-state index in [1.54, 1.807) is 18.9 Å². The second-order valence-corrected chi connectivity index (χ2v) is 7.22. The zero-order chi connectivity index (χ0) is 20.7. The lowest BCUT2D eigenvalue weighted by Crippen LogP contribution is -2.06. The van der Waals surface area contributed by atoms with Crippen LogP contribution in [-0.2, 0) is 0 Å². The summed E-state index contributed by atoms with van der Waals surface area (Å²) in [4.78, 5) is 9.43. The van der Waals surface area contributed by atoms with Crippen molar-refractivity contribution in [2.24, 2.45) is 0 Å². The van der Waals surface area contributed by atoms with Crippen LogP contribution in [0.3, 0.4) is 0 Å². The zero-order valence-electron chi connectivity index (χ0n) is 16.8. The standard InChI is InChI=1S/C22H22N6O2/c1-29-16-11-8-13(12-17(16)30-2)19-18-20(23)28(15-6-4-3-5-7-15)27-21(18)26-22(25-19)24-14-9-10-14/h3-8,11-12,14H,9-10,23H2,1-2H3,(H,24,26,27). The van der Waals surface area contributed by atoms with Gasteiger partial charge in [0.15, 0.2) is 17.1 Å². The van der Waals surface area contributed by atoms with Crippen LogP contribution >= 0.6 is 0 Å². The molecule has 4 aromatic rings. The van der Waals surface area contributed by atoms with Gasteiger partial charge < -0.3 is 20.5 Å². The fourth-order valence-electron chi connectivity index (χ4n) is 3.44. The van der Waals surface area contributed by atoms with E-state index in [0.717, 1.165) is 24.1 Å². The van der Waals surface area contributed by atoms with Crippen LogP contribution < -0.4 is 20.5 Å². The third-order valence-electron chi connectivity index (χ3n) is 5.14. The van der Waals surface area contributed by atoms with Crippen LogP contribution in [0.2, 0.25) is 0 Å². The second kappa shape index (κ2) is 7.22. The normalized spacial score (nSPS) is 13.4. The first kappa shape index (κ1) is 18.2. The van der Waals surface area contributed by atoms with Crippen LogP contribution in [0, 0.1) is 0 Å². The van der Waals surface area contributed by atoms with Gasteiger partial charge in [-0.2, -0.15) is 4.98 Å². The number of nitrogens with two attached hydrogens (primary N) is 1. The number of rotatable bonds is 6. The number of hydrogen-bond donors (Lipinski definition) is 2. The maximum Gasteiger partial charge on any atom is 0.225 e. The molecule has 1 saturated carbocycles. The van der Waals surface area contributed by atoms with Crippen LogP contribution in [0.15, 0.2) is 48.5 Å². The van der Waals surface area contributed by atoms with E-state index >= 15 is 0 Å². The Labute approximate surface area is 173 Å². The summed E-state index contributed by atoms with van der Waals surface area (Å²) >= 11 is 0. The third-order valence-corrected chi connectivity index (χ3v) is 5.14. The zero-order valence-corrected chi connectivity index (χ0v) is 16.8. The van der Waals surface area contributed by atoms with E-state index in [2.05, 4.69) is 15.4 Å². The number of fused-ring (bicyclic) bond motifs is 1. The Kier molecular flexibility index (Phi) is 4.39. The maximum atomic E-state index is 6.54. The number of aromatic nitrogens is 4. The van der Waals surface area contributed by atoms with Gasteiger partial charge in [0.2, 0.25) is 5.95 Å². The average molecular weight is 402 g/mol. The number of benzene rings is 2. The summed E-state index contributed by atoms with van der Waals surface area (Å²) in [7, 11) is 3.22. The molecule has 30 heavy (non-hydrogen) atoms. The highest BCUT2D eigenvalue weighted by Gasteiger charge is 2.25. The molecule has 0 saturated heterocycles. The third kappa shape index (κ3) is 3.16. The van der Waals surface area contributed by atoms with Crippen LogP contribution in [0.25, 0.3) is 28.0 Å². The van der Waals surface area contributed by atoms with E-state index in [1.165, 1.54) is 0 Å². The molecule has 0 amide bonds. The van der Waals surface area contributed by atoms with Crippen LogP contribution in [0.1, 0.15) is 12.8 Å². The Morgan fingerprint density at radius 1 is 1.00 bits per heavy atom. The lowest BCUT2D eigenvalue weighted by molar-refractivity contribution is 0.355. The molecule has 2 heterocycles. The molecule has 0 unspecified atom stereocenters. The summed E-state index contributed by atoms with van der Waals surface area (Å²) in [5.74, 6) is 2.30. The molecule has 0 radical (unpaired) electrons. The fourth-order valence-corrected chi connectivity index (χ4v) is 3.44. The molecule has 1 aliphatic carbocycles. The van der Waals surface area contributed by atoms with Gasteiger partial charge in [-0.25, -0.2) is 9.67 Å². The van der Waals surface area contributed by atoms with Crippen molar-refractivity contribution >= 4 is 22.8 Å². The van der Waals surface area contributed by atoms with Gasteiger partial charge in [0.1, 0.15) is 5.82 Å². The largest absolute Gasteiger partial charge is 0.493 e. The average Bonchev–Trinajstić information content (AvgIpc) is 3.54. The molecule has 0 bridgehead atoms. The summed E-state index contributed by atoms with van der Waals surface area (Å²) in [6.45, 7) is 0. The lowest BCUT2D eigenvalue weighted by atomic mass is 10.1. The minimum absolute atomic E-state index is 0.411. The highest BCUT2D eigenvalue weighted by atomic mass is 16.5. The molecule has 0 aliphatic heterocycles. The minimum Gasteiger partial charge on any atom is -0.493 e. The minimum atomic E-state index is 0.411. The Balaban J connectivity index is 1.73. The van der Waals surface area contributed by atoms with Crippen molar-refractivity contribution in [2.45, 2.75) is 18.9 Å². The molecule has 2 aromatic heterocycles. The van der Waals surface area contributed by atoms with Gasteiger partial charge in [-0.05, 0) is 43.2 Å². The first-order chi connectivity index (χ1) is 14.7. The van der Waals surface area contributed by atoms with Crippen LogP contribution in [-0.4, -0.2) is 40.0 Å². The number of nitrogens with zero attached hydrogens (tertiary/aromatic N) is 4. The first-order valence-corrected chi connectivity index (χ1v) is 9.78. The first-order valence-electron chi connectivity index (χ1n) is 9.78. The van der Waals surface area contributed by atoms with E-state index < -0.39 is 0 Å². The van der Waals surface area contributed by atoms with Crippen molar-refractivity contribution in [3.05, 3.63) is 48.5 Å². The van der Waals surface area contributed by atoms with Crippen LogP contribution in [0.4, 0.5) is 11.8 Å². The number of methoxy groups -OCH3 is 2. The number of anilines is 2. The van der Waals surface area contributed by atoms with Crippen molar-refractivity contribution in [3.8, 4) is 28.4 Å². The van der Waals surface area contributed by atoms with Crippen molar-refractivity contribution in [2.75, 3.05) is 25.3 Å². The Morgan fingerprint density at radius 2 is 1.77 bits per heavy atom. The fraction of sp³-hybridized carbons (Fsp3) is 0.227. The summed E-state index contributed by atoms with van der Waals surface area (Å²) in [5.41, 5.74) is 9.49. The number of para-hydroxylation sites is 1. The molecule has 3 N–H and O–H groups in total. The summed E-state index contributed by atoms with van der Waals surface area (Å²) in [6, 6.07) is 15.8. The second-order valence-electron chi connectivity index (χ2n) is 7.22. The lowest BCUT2D eigenvalue weighted by Gasteiger charge is -2.11. The van der Waals surface area contributed by atoms with Gasteiger partial charge >= 0.3 is 0 Å². The molecule has 5 rings (SSSR count). The monoisotopic (exact) mass is 402 g/mol. The van der Waals surface area contributed by atoms with Crippen molar-refractivity contribution < 1.29 is 9.47 Å².